The number of hydrogen-bond acceptors (Lipinski definition) is 7. The van der Waals surface area contributed by atoms with Crippen molar-refractivity contribution in [2.24, 2.45) is 5.92 Å². The molecule has 0 bridgehead atoms. The Hall–Kier alpha value is -4.09. The molecule has 0 saturated carbocycles. The number of carbonyl (C=O) groups is 3. The van der Waals surface area contributed by atoms with Gasteiger partial charge in [-0.05, 0) is 60.5 Å². The molecule has 0 aliphatic carbocycles. The van der Waals surface area contributed by atoms with Gasteiger partial charge in [-0.2, -0.15) is 0 Å². The van der Waals surface area contributed by atoms with Crippen LogP contribution in [-0.2, 0) is 20.9 Å². The zero-order valence-electron chi connectivity index (χ0n) is 20.5. The lowest BCUT2D eigenvalue weighted by atomic mass is 9.84. The van der Waals surface area contributed by atoms with Crippen molar-refractivity contribution in [3.63, 3.8) is 0 Å². The Balaban J connectivity index is 1.40. The van der Waals surface area contributed by atoms with Gasteiger partial charge in [-0.25, -0.2) is 9.29 Å². The van der Waals surface area contributed by atoms with E-state index in [-0.39, 0.29) is 23.0 Å². The molecule has 11 heteroatoms. The molecule has 2 aliphatic rings. The third-order valence-electron chi connectivity index (χ3n) is 6.78. The summed E-state index contributed by atoms with van der Waals surface area (Å²) < 4.78 is 14.9. The maximum Gasteiger partial charge on any atom is 0.308 e. The van der Waals surface area contributed by atoms with Crippen molar-refractivity contribution in [3.05, 3.63) is 105 Å². The van der Waals surface area contributed by atoms with Crippen molar-refractivity contribution >= 4 is 52.2 Å². The number of thiazole rings is 1. The minimum absolute atomic E-state index is 0.243. The van der Waals surface area contributed by atoms with E-state index in [4.69, 9.17) is 0 Å². The second kappa shape index (κ2) is 9.90. The van der Waals surface area contributed by atoms with Crippen LogP contribution in [0, 0.1) is 18.7 Å². The molecular weight excluding hydrogens is 539 g/mol. The third kappa shape index (κ3) is 4.47. The Morgan fingerprint density at radius 2 is 1.85 bits per heavy atom. The number of benzene rings is 2. The lowest BCUT2D eigenvalue weighted by molar-refractivity contribution is -0.122. The zero-order chi connectivity index (χ0) is 27.3. The molecular formula is C28H21FN4O4S2. The van der Waals surface area contributed by atoms with Gasteiger partial charge in [0.15, 0.2) is 0 Å². The van der Waals surface area contributed by atoms with Crippen LogP contribution < -0.4 is 15.1 Å². The maximum absolute atomic E-state index is 13.8. The molecule has 0 spiro atoms. The SMILES string of the molecule is Cc1cccc(NC(=O)Cn2c3c(sc2=O)[C@@H](c2cccnc2)[C@@H]2C(=O)N(c4ccc(F)cc4)C(=O)[C@@H]2S3)c1. The summed E-state index contributed by atoms with van der Waals surface area (Å²) in [7, 11) is 0. The van der Waals surface area contributed by atoms with Crippen LogP contribution in [0.15, 0.2) is 82.9 Å². The van der Waals surface area contributed by atoms with E-state index in [1.165, 1.54) is 28.8 Å². The second-order valence-corrected chi connectivity index (χ2v) is 11.5. The number of aromatic nitrogens is 2. The fourth-order valence-corrected chi connectivity index (χ4v) is 7.86. The highest BCUT2D eigenvalue weighted by atomic mass is 32.2. The predicted octanol–water partition coefficient (Wildman–Crippen LogP) is 4.19. The van der Waals surface area contributed by atoms with E-state index < -0.39 is 34.7 Å². The molecule has 4 aromatic rings. The number of rotatable bonds is 5. The zero-order valence-corrected chi connectivity index (χ0v) is 22.2. The van der Waals surface area contributed by atoms with Crippen LogP contribution >= 0.6 is 23.1 Å². The van der Waals surface area contributed by atoms with Gasteiger partial charge in [-0.3, -0.25) is 28.7 Å². The first-order valence-corrected chi connectivity index (χ1v) is 13.8. The Kier molecular flexibility index (Phi) is 6.40. The highest BCUT2D eigenvalue weighted by molar-refractivity contribution is 8.00. The highest BCUT2D eigenvalue weighted by Gasteiger charge is 2.56. The van der Waals surface area contributed by atoms with Crippen molar-refractivity contribution in [2.45, 2.75) is 29.7 Å². The van der Waals surface area contributed by atoms with Crippen molar-refractivity contribution in [1.82, 2.24) is 9.55 Å². The number of aryl methyl sites for hydroxylation is 1. The van der Waals surface area contributed by atoms with Crippen molar-refractivity contribution in [1.29, 1.82) is 0 Å². The molecule has 1 N–H and O–H groups in total. The number of imide groups is 1. The molecule has 4 heterocycles. The minimum atomic E-state index is -0.833. The Labute approximate surface area is 230 Å². The molecule has 2 aromatic carbocycles. The first-order valence-electron chi connectivity index (χ1n) is 12.1. The second-order valence-electron chi connectivity index (χ2n) is 9.36. The molecule has 3 amide bonds. The fourth-order valence-electron chi connectivity index (χ4n) is 5.09. The minimum Gasteiger partial charge on any atom is -0.325 e. The van der Waals surface area contributed by atoms with Gasteiger partial charge in [0.1, 0.15) is 17.6 Å². The van der Waals surface area contributed by atoms with Crippen molar-refractivity contribution in [2.75, 3.05) is 10.2 Å². The summed E-state index contributed by atoms with van der Waals surface area (Å²) in [6.45, 7) is 1.67. The van der Waals surface area contributed by atoms with Gasteiger partial charge in [0.05, 0.1) is 16.6 Å². The van der Waals surface area contributed by atoms with E-state index in [0.29, 0.717) is 21.2 Å². The van der Waals surface area contributed by atoms with Crippen molar-refractivity contribution in [3.8, 4) is 0 Å². The molecule has 39 heavy (non-hydrogen) atoms. The van der Waals surface area contributed by atoms with Gasteiger partial charge in [-0.1, -0.05) is 41.3 Å². The number of amides is 3. The number of thioether (sulfide) groups is 1. The van der Waals surface area contributed by atoms with Crippen LogP contribution in [0.25, 0.3) is 0 Å². The molecule has 6 rings (SSSR count). The van der Waals surface area contributed by atoms with Gasteiger partial charge in [0.25, 0.3) is 0 Å². The Morgan fingerprint density at radius 3 is 2.56 bits per heavy atom. The highest BCUT2D eigenvalue weighted by Crippen LogP contribution is 2.53. The number of pyridine rings is 1. The number of halogens is 1. The summed E-state index contributed by atoms with van der Waals surface area (Å²) in [5.41, 5.74) is 2.57. The average Bonchev–Trinajstić information content (AvgIpc) is 3.36. The number of fused-ring (bicyclic) bond motifs is 2. The topological polar surface area (TPSA) is 101 Å². The predicted molar refractivity (Wildman–Crippen MR) is 146 cm³/mol. The van der Waals surface area contributed by atoms with Crippen LogP contribution in [0.2, 0.25) is 0 Å². The number of carbonyl (C=O) groups excluding carboxylic acids is 3. The van der Waals surface area contributed by atoms with Crippen LogP contribution in [0.5, 0.6) is 0 Å². The van der Waals surface area contributed by atoms with E-state index in [1.54, 1.807) is 24.5 Å². The van der Waals surface area contributed by atoms with E-state index in [0.717, 1.165) is 33.6 Å². The van der Waals surface area contributed by atoms with Crippen molar-refractivity contribution < 1.29 is 18.8 Å². The third-order valence-corrected chi connectivity index (χ3v) is 9.38. The first-order chi connectivity index (χ1) is 18.8. The number of anilines is 2. The Bertz CT molecular complexity index is 1670. The van der Waals surface area contributed by atoms with Gasteiger partial charge in [0, 0.05) is 28.9 Å². The molecule has 0 unspecified atom stereocenters. The standard InChI is InChI=1S/C28H21FN4O4S2/c1-15-4-2-6-18(12-15)31-20(34)14-32-27-24(39-28(32)37)21(16-5-3-11-30-13-16)22-23(38-27)26(36)33(25(22)35)19-9-7-17(29)8-10-19/h2-13,21-23H,14H2,1H3,(H,31,34)/t21-,22-,23+/m0/s1. The number of nitrogens with one attached hydrogen (secondary N) is 1. The normalized spacial score (nSPS) is 20.1. The van der Waals surface area contributed by atoms with E-state index in [9.17, 15) is 23.6 Å². The summed E-state index contributed by atoms with van der Waals surface area (Å²) in [5.74, 6) is -3.14. The lowest BCUT2D eigenvalue weighted by Gasteiger charge is -2.30. The van der Waals surface area contributed by atoms with E-state index >= 15 is 0 Å². The number of hydrogen-bond donors (Lipinski definition) is 1. The molecule has 196 valence electrons. The Morgan fingerprint density at radius 1 is 1.05 bits per heavy atom. The van der Waals surface area contributed by atoms with Crippen LogP contribution in [0.1, 0.15) is 21.9 Å². The molecule has 3 atom stereocenters. The van der Waals surface area contributed by atoms with Gasteiger partial charge in [0.2, 0.25) is 17.7 Å². The smallest absolute Gasteiger partial charge is 0.308 e. The molecule has 1 fully saturated rings. The van der Waals surface area contributed by atoms with Gasteiger partial charge >= 0.3 is 4.87 Å². The first kappa shape index (κ1) is 25.2. The van der Waals surface area contributed by atoms with Gasteiger partial charge in [-0.15, -0.1) is 0 Å². The van der Waals surface area contributed by atoms with Crippen LogP contribution in [0.4, 0.5) is 15.8 Å². The summed E-state index contributed by atoms with van der Waals surface area (Å²) in [6.07, 6.45) is 3.23. The maximum atomic E-state index is 13.8. The van der Waals surface area contributed by atoms with E-state index in [2.05, 4.69) is 10.3 Å². The largest absolute Gasteiger partial charge is 0.325 e. The molecule has 2 aliphatic heterocycles. The lowest BCUT2D eigenvalue weighted by Crippen LogP contribution is -2.33. The number of nitrogens with zero attached hydrogens (tertiary/aromatic N) is 3. The van der Waals surface area contributed by atoms with Crippen LogP contribution in [-0.4, -0.2) is 32.5 Å². The fraction of sp³-hybridized carbons (Fsp3) is 0.179. The average molecular weight is 561 g/mol. The van der Waals surface area contributed by atoms with Crippen LogP contribution in [0.3, 0.4) is 0 Å². The summed E-state index contributed by atoms with van der Waals surface area (Å²) in [6, 6.07) is 16.1. The van der Waals surface area contributed by atoms with Gasteiger partial charge < -0.3 is 5.32 Å². The molecule has 8 nitrogen and oxygen atoms in total. The molecule has 0 radical (unpaired) electrons. The quantitative estimate of drug-likeness (QED) is 0.368. The molecule has 1 saturated heterocycles. The summed E-state index contributed by atoms with van der Waals surface area (Å²) >= 11 is 2.09. The molecule has 2 aromatic heterocycles. The summed E-state index contributed by atoms with van der Waals surface area (Å²) in [4.78, 5) is 59.1. The summed E-state index contributed by atoms with van der Waals surface area (Å²) in [5, 5.41) is 2.47. The van der Waals surface area contributed by atoms with E-state index in [1.807, 2.05) is 31.2 Å². The monoisotopic (exact) mass is 560 g/mol.